The van der Waals surface area contributed by atoms with Gasteiger partial charge in [0, 0.05) is 6.54 Å². The maximum atomic E-state index is 11.7. The summed E-state index contributed by atoms with van der Waals surface area (Å²) in [6, 6.07) is 9.53. The smallest absolute Gasteiger partial charge is 0.263 e. The second kappa shape index (κ2) is 3.73. The lowest BCUT2D eigenvalue weighted by Gasteiger charge is -2.08. The quantitative estimate of drug-likeness (QED) is 0.739. The van der Waals surface area contributed by atoms with Crippen molar-refractivity contribution in [2.45, 2.75) is 20.4 Å². The van der Waals surface area contributed by atoms with E-state index in [2.05, 4.69) is 4.98 Å². The number of benzene rings is 1. The third-order valence-corrected chi connectivity index (χ3v) is 2.35. The first-order valence-corrected chi connectivity index (χ1v) is 4.96. The van der Waals surface area contributed by atoms with Gasteiger partial charge in [0.1, 0.15) is 5.82 Å². The molecule has 2 rings (SSSR count). The number of rotatable bonds is 2. The molecule has 0 amide bonds. The molecule has 4 nitrogen and oxygen atoms in total. The molecule has 15 heavy (non-hydrogen) atoms. The average molecular weight is 203 g/mol. The zero-order chi connectivity index (χ0) is 10.8. The van der Waals surface area contributed by atoms with E-state index < -0.39 is 0 Å². The van der Waals surface area contributed by atoms with Crippen molar-refractivity contribution in [2.24, 2.45) is 0 Å². The van der Waals surface area contributed by atoms with Gasteiger partial charge in [0.15, 0.2) is 0 Å². The molecular formula is C11H13N3O. The summed E-state index contributed by atoms with van der Waals surface area (Å²) in [6.45, 7) is 4.56. The summed E-state index contributed by atoms with van der Waals surface area (Å²) >= 11 is 0. The van der Waals surface area contributed by atoms with Gasteiger partial charge in [-0.2, -0.15) is 9.67 Å². The highest BCUT2D eigenvalue weighted by Gasteiger charge is 2.08. The fourth-order valence-corrected chi connectivity index (χ4v) is 1.68. The summed E-state index contributed by atoms with van der Waals surface area (Å²) in [5, 5.41) is 0. The molecule has 0 aliphatic rings. The number of aryl methyl sites for hydroxylation is 1. The third kappa shape index (κ3) is 1.58. The monoisotopic (exact) mass is 203 g/mol. The minimum atomic E-state index is -0.222. The SMILES string of the molecule is CCn1c(C)nc(=O)n1-c1ccccc1. The van der Waals surface area contributed by atoms with Gasteiger partial charge in [-0.1, -0.05) is 18.2 Å². The topological polar surface area (TPSA) is 39.8 Å². The Morgan fingerprint density at radius 1 is 1.27 bits per heavy atom. The Bertz CT molecular complexity index is 510. The van der Waals surface area contributed by atoms with E-state index >= 15 is 0 Å². The van der Waals surface area contributed by atoms with Crippen LogP contribution in [0.15, 0.2) is 35.1 Å². The van der Waals surface area contributed by atoms with Crippen molar-refractivity contribution in [3.63, 3.8) is 0 Å². The van der Waals surface area contributed by atoms with E-state index in [1.54, 1.807) is 4.68 Å². The van der Waals surface area contributed by atoms with Crippen LogP contribution in [0.5, 0.6) is 0 Å². The number of aromatic nitrogens is 3. The summed E-state index contributed by atoms with van der Waals surface area (Å²) in [6.07, 6.45) is 0. The fraction of sp³-hybridized carbons (Fsp3) is 0.273. The van der Waals surface area contributed by atoms with Crippen molar-refractivity contribution in [3.05, 3.63) is 46.6 Å². The first-order valence-electron chi connectivity index (χ1n) is 4.96. The normalized spacial score (nSPS) is 10.5. The van der Waals surface area contributed by atoms with Crippen LogP contribution in [0.1, 0.15) is 12.7 Å². The van der Waals surface area contributed by atoms with Crippen molar-refractivity contribution >= 4 is 0 Å². The lowest BCUT2D eigenvalue weighted by Crippen LogP contribution is -2.21. The molecule has 78 valence electrons. The predicted molar refractivity (Wildman–Crippen MR) is 58.2 cm³/mol. The molecule has 4 heteroatoms. The molecule has 0 bridgehead atoms. The number of hydrogen-bond acceptors (Lipinski definition) is 2. The number of nitrogens with zero attached hydrogens (tertiary/aromatic N) is 3. The van der Waals surface area contributed by atoms with E-state index in [9.17, 15) is 4.79 Å². The minimum absolute atomic E-state index is 0.222. The van der Waals surface area contributed by atoms with E-state index in [4.69, 9.17) is 0 Å². The first kappa shape index (κ1) is 9.71. The molecule has 0 aliphatic heterocycles. The molecule has 1 aromatic heterocycles. The average Bonchev–Trinajstić information content (AvgIpc) is 2.54. The minimum Gasteiger partial charge on any atom is -0.263 e. The Morgan fingerprint density at radius 2 is 1.93 bits per heavy atom. The van der Waals surface area contributed by atoms with Gasteiger partial charge in [-0.05, 0) is 26.0 Å². The Morgan fingerprint density at radius 3 is 2.53 bits per heavy atom. The third-order valence-electron chi connectivity index (χ3n) is 2.35. The van der Waals surface area contributed by atoms with Gasteiger partial charge in [0.25, 0.3) is 0 Å². The lowest BCUT2D eigenvalue weighted by atomic mass is 10.3. The zero-order valence-electron chi connectivity index (χ0n) is 8.84. The molecular weight excluding hydrogens is 190 g/mol. The van der Waals surface area contributed by atoms with Crippen molar-refractivity contribution in [1.82, 2.24) is 14.3 Å². The van der Waals surface area contributed by atoms with Crippen molar-refractivity contribution in [2.75, 3.05) is 0 Å². The van der Waals surface area contributed by atoms with Crippen molar-refractivity contribution in [1.29, 1.82) is 0 Å². The van der Waals surface area contributed by atoms with E-state index in [0.29, 0.717) is 0 Å². The van der Waals surface area contributed by atoms with Crippen LogP contribution >= 0.6 is 0 Å². The zero-order valence-corrected chi connectivity index (χ0v) is 8.84. The summed E-state index contributed by atoms with van der Waals surface area (Å²) in [5.41, 5.74) is 0.630. The first-order chi connectivity index (χ1) is 7.24. The van der Waals surface area contributed by atoms with Crippen LogP contribution < -0.4 is 5.69 Å². The van der Waals surface area contributed by atoms with E-state index in [0.717, 1.165) is 18.1 Å². The highest BCUT2D eigenvalue weighted by atomic mass is 16.2. The summed E-state index contributed by atoms with van der Waals surface area (Å²) in [7, 11) is 0. The molecule has 0 fully saturated rings. The van der Waals surface area contributed by atoms with Crippen LogP contribution in [0.2, 0.25) is 0 Å². The van der Waals surface area contributed by atoms with Gasteiger partial charge < -0.3 is 0 Å². The standard InChI is InChI=1S/C11H13N3O/c1-3-13-9(2)12-11(15)14(13)10-7-5-4-6-8-10/h4-8H,3H2,1-2H3. The van der Waals surface area contributed by atoms with Crippen molar-refractivity contribution in [3.8, 4) is 5.69 Å². The molecule has 0 aliphatic carbocycles. The van der Waals surface area contributed by atoms with Gasteiger partial charge in [-0.25, -0.2) is 4.79 Å². The van der Waals surface area contributed by atoms with E-state index in [1.165, 1.54) is 0 Å². The molecule has 0 spiro atoms. The Labute approximate surface area is 87.8 Å². The molecule has 2 aromatic rings. The maximum Gasteiger partial charge on any atom is 0.368 e. The van der Waals surface area contributed by atoms with Crippen LogP contribution in [0.4, 0.5) is 0 Å². The van der Waals surface area contributed by atoms with Crippen LogP contribution in [0.25, 0.3) is 5.69 Å². The molecule has 0 unspecified atom stereocenters. The highest BCUT2D eigenvalue weighted by molar-refractivity contribution is 5.29. The highest BCUT2D eigenvalue weighted by Crippen LogP contribution is 2.05. The van der Waals surface area contributed by atoms with Crippen LogP contribution in [0, 0.1) is 6.92 Å². The maximum absolute atomic E-state index is 11.7. The predicted octanol–water partition coefficient (Wildman–Crippen LogP) is 1.36. The summed E-state index contributed by atoms with van der Waals surface area (Å²) in [4.78, 5) is 15.6. The lowest BCUT2D eigenvalue weighted by molar-refractivity contribution is 0.559. The Kier molecular flexibility index (Phi) is 2.41. The molecule has 1 heterocycles. The molecule has 0 saturated heterocycles. The summed E-state index contributed by atoms with van der Waals surface area (Å²) < 4.78 is 3.45. The number of hydrogen-bond donors (Lipinski definition) is 0. The van der Waals surface area contributed by atoms with E-state index in [1.807, 2.05) is 48.9 Å². The molecule has 0 radical (unpaired) electrons. The van der Waals surface area contributed by atoms with Crippen LogP contribution in [-0.2, 0) is 6.54 Å². The van der Waals surface area contributed by atoms with Gasteiger partial charge in [0.05, 0.1) is 5.69 Å². The van der Waals surface area contributed by atoms with Crippen molar-refractivity contribution < 1.29 is 0 Å². The number of para-hydroxylation sites is 1. The molecule has 0 N–H and O–H groups in total. The Balaban J connectivity index is 2.67. The Hall–Kier alpha value is -1.84. The van der Waals surface area contributed by atoms with Gasteiger partial charge in [-0.15, -0.1) is 0 Å². The fourth-order valence-electron chi connectivity index (χ4n) is 1.68. The summed E-state index contributed by atoms with van der Waals surface area (Å²) in [5.74, 6) is 0.742. The van der Waals surface area contributed by atoms with Gasteiger partial charge in [-0.3, -0.25) is 4.68 Å². The molecule has 0 saturated carbocycles. The van der Waals surface area contributed by atoms with Crippen LogP contribution in [0.3, 0.4) is 0 Å². The largest absolute Gasteiger partial charge is 0.368 e. The second-order valence-corrected chi connectivity index (χ2v) is 3.30. The van der Waals surface area contributed by atoms with E-state index in [-0.39, 0.29) is 5.69 Å². The van der Waals surface area contributed by atoms with Gasteiger partial charge >= 0.3 is 5.69 Å². The molecule has 0 atom stereocenters. The van der Waals surface area contributed by atoms with Gasteiger partial charge in [0.2, 0.25) is 0 Å². The van der Waals surface area contributed by atoms with Crippen LogP contribution in [-0.4, -0.2) is 14.3 Å². The molecule has 1 aromatic carbocycles. The second-order valence-electron chi connectivity index (χ2n) is 3.30.